The molecule has 2 aromatic heterocycles. The third-order valence-corrected chi connectivity index (χ3v) is 5.61. The van der Waals surface area contributed by atoms with Crippen LogP contribution in [0.15, 0.2) is 55.0 Å². The van der Waals surface area contributed by atoms with E-state index >= 15 is 0 Å². The number of piperidine rings is 1. The molecule has 0 spiro atoms. The Balaban J connectivity index is 1.58. The standard InChI is InChI=1S/C23H21F2N5/c24-18-4-1-5-19(25)23(18)14-6-7-20-16(9-14)17(10-28-20)21-11-27-12-22(29-21)30-8-2-3-15(26)13-30/h1,4-7,9-12,15,28H,2-3,8,13,26H2. The fourth-order valence-corrected chi connectivity index (χ4v) is 4.12. The number of nitrogens with two attached hydrogens (primary N) is 1. The molecule has 0 bridgehead atoms. The Morgan fingerprint density at radius 1 is 1.10 bits per heavy atom. The van der Waals surface area contributed by atoms with E-state index in [1.165, 1.54) is 18.2 Å². The van der Waals surface area contributed by atoms with Gasteiger partial charge in [0.25, 0.3) is 0 Å². The summed E-state index contributed by atoms with van der Waals surface area (Å²) in [4.78, 5) is 14.5. The molecule has 152 valence electrons. The van der Waals surface area contributed by atoms with Gasteiger partial charge in [-0.05, 0) is 42.7 Å². The van der Waals surface area contributed by atoms with E-state index in [1.807, 2.05) is 12.3 Å². The van der Waals surface area contributed by atoms with E-state index < -0.39 is 11.6 Å². The van der Waals surface area contributed by atoms with Crippen LogP contribution in [0.25, 0.3) is 33.3 Å². The average molecular weight is 405 g/mol. The van der Waals surface area contributed by atoms with Crippen LogP contribution in [0.3, 0.4) is 0 Å². The summed E-state index contributed by atoms with van der Waals surface area (Å²) in [5.41, 5.74) is 8.94. The predicted octanol–water partition coefficient (Wildman–Crippen LogP) is 4.50. The normalized spacial score (nSPS) is 16.9. The first-order chi connectivity index (χ1) is 14.6. The van der Waals surface area contributed by atoms with Crippen molar-refractivity contribution < 1.29 is 8.78 Å². The zero-order valence-electron chi connectivity index (χ0n) is 16.3. The summed E-state index contributed by atoms with van der Waals surface area (Å²) in [6.45, 7) is 1.65. The molecule has 1 atom stereocenters. The van der Waals surface area contributed by atoms with Crippen LogP contribution in [0.1, 0.15) is 12.8 Å². The maximum atomic E-state index is 14.3. The van der Waals surface area contributed by atoms with Crippen LogP contribution in [0.5, 0.6) is 0 Å². The van der Waals surface area contributed by atoms with Gasteiger partial charge in [-0.15, -0.1) is 0 Å². The second-order valence-corrected chi connectivity index (χ2v) is 7.67. The number of hydrogen-bond acceptors (Lipinski definition) is 4. The predicted molar refractivity (Wildman–Crippen MR) is 114 cm³/mol. The topological polar surface area (TPSA) is 70.8 Å². The van der Waals surface area contributed by atoms with Gasteiger partial charge in [0, 0.05) is 41.8 Å². The zero-order valence-corrected chi connectivity index (χ0v) is 16.3. The van der Waals surface area contributed by atoms with Gasteiger partial charge in [-0.2, -0.15) is 0 Å². The number of H-pyrrole nitrogens is 1. The van der Waals surface area contributed by atoms with Crippen molar-refractivity contribution >= 4 is 16.7 Å². The van der Waals surface area contributed by atoms with Crippen molar-refractivity contribution in [3.05, 3.63) is 66.6 Å². The molecule has 1 aliphatic rings. The summed E-state index contributed by atoms with van der Waals surface area (Å²) in [5, 5.41) is 0.831. The summed E-state index contributed by atoms with van der Waals surface area (Å²) in [6, 6.07) is 9.34. The van der Waals surface area contributed by atoms with Crippen LogP contribution in [-0.2, 0) is 0 Å². The van der Waals surface area contributed by atoms with Gasteiger partial charge in [0.1, 0.15) is 17.5 Å². The Morgan fingerprint density at radius 3 is 2.73 bits per heavy atom. The molecular formula is C23H21F2N5. The average Bonchev–Trinajstić information content (AvgIpc) is 3.17. The smallest absolute Gasteiger partial charge is 0.147 e. The number of nitrogens with zero attached hydrogens (tertiary/aromatic N) is 3. The lowest BCUT2D eigenvalue weighted by molar-refractivity contribution is 0.503. The van der Waals surface area contributed by atoms with Crippen LogP contribution in [0, 0.1) is 11.6 Å². The number of fused-ring (bicyclic) bond motifs is 1. The summed E-state index contributed by atoms with van der Waals surface area (Å²) < 4.78 is 28.6. The van der Waals surface area contributed by atoms with Crippen molar-refractivity contribution in [2.75, 3.05) is 18.0 Å². The fourth-order valence-electron chi connectivity index (χ4n) is 4.12. The number of halogens is 2. The lowest BCUT2D eigenvalue weighted by atomic mass is 10.0. The van der Waals surface area contributed by atoms with Crippen LogP contribution in [-0.4, -0.2) is 34.1 Å². The monoisotopic (exact) mass is 405 g/mol. The van der Waals surface area contributed by atoms with Crippen molar-refractivity contribution in [3.8, 4) is 22.4 Å². The van der Waals surface area contributed by atoms with Crippen molar-refractivity contribution in [1.29, 1.82) is 0 Å². The fraction of sp³-hybridized carbons (Fsp3) is 0.217. The number of anilines is 1. The van der Waals surface area contributed by atoms with Gasteiger partial charge in [-0.1, -0.05) is 12.1 Å². The molecule has 5 rings (SSSR count). The highest BCUT2D eigenvalue weighted by Gasteiger charge is 2.19. The van der Waals surface area contributed by atoms with E-state index in [4.69, 9.17) is 10.7 Å². The van der Waals surface area contributed by atoms with Crippen LogP contribution in [0.4, 0.5) is 14.6 Å². The highest BCUT2D eigenvalue weighted by Crippen LogP contribution is 2.33. The minimum absolute atomic E-state index is 0.0336. The molecule has 5 nitrogen and oxygen atoms in total. The molecule has 2 aromatic carbocycles. The van der Waals surface area contributed by atoms with Crippen LogP contribution in [0.2, 0.25) is 0 Å². The maximum Gasteiger partial charge on any atom is 0.147 e. The Morgan fingerprint density at radius 2 is 1.93 bits per heavy atom. The number of nitrogens with one attached hydrogen (secondary N) is 1. The largest absolute Gasteiger partial charge is 0.360 e. The molecule has 0 aliphatic carbocycles. The molecule has 4 aromatic rings. The third-order valence-electron chi connectivity index (χ3n) is 5.61. The lowest BCUT2D eigenvalue weighted by Crippen LogP contribution is -2.43. The molecule has 7 heteroatoms. The Hall–Kier alpha value is -3.32. The minimum Gasteiger partial charge on any atom is -0.360 e. The van der Waals surface area contributed by atoms with E-state index in [-0.39, 0.29) is 11.6 Å². The van der Waals surface area contributed by atoms with Crippen molar-refractivity contribution in [1.82, 2.24) is 15.0 Å². The molecule has 30 heavy (non-hydrogen) atoms. The second-order valence-electron chi connectivity index (χ2n) is 7.67. The highest BCUT2D eigenvalue weighted by molar-refractivity contribution is 5.97. The van der Waals surface area contributed by atoms with Crippen LogP contribution >= 0.6 is 0 Å². The minimum atomic E-state index is -0.588. The van der Waals surface area contributed by atoms with Crippen molar-refractivity contribution in [2.45, 2.75) is 18.9 Å². The molecule has 3 N–H and O–H groups in total. The molecule has 1 aliphatic heterocycles. The number of aromatic amines is 1. The number of rotatable bonds is 3. The third kappa shape index (κ3) is 3.31. The molecule has 3 heterocycles. The van der Waals surface area contributed by atoms with Gasteiger partial charge in [0.15, 0.2) is 0 Å². The van der Waals surface area contributed by atoms with Gasteiger partial charge >= 0.3 is 0 Å². The first-order valence-electron chi connectivity index (χ1n) is 9.98. The van der Waals surface area contributed by atoms with E-state index in [2.05, 4.69) is 14.9 Å². The SMILES string of the molecule is NC1CCCN(c2cncc(-c3c[nH]c4ccc(-c5c(F)cccc5F)cc34)n2)C1. The maximum absolute atomic E-state index is 14.3. The molecule has 0 radical (unpaired) electrons. The Bertz CT molecular complexity index is 1200. The van der Waals surface area contributed by atoms with Gasteiger partial charge in [0.05, 0.1) is 23.7 Å². The Labute approximate surface area is 172 Å². The molecule has 1 unspecified atom stereocenters. The first-order valence-corrected chi connectivity index (χ1v) is 9.98. The van der Waals surface area contributed by atoms with E-state index in [1.54, 1.807) is 24.5 Å². The zero-order chi connectivity index (χ0) is 20.7. The first kappa shape index (κ1) is 18.7. The van der Waals surface area contributed by atoms with Crippen molar-refractivity contribution in [2.24, 2.45) is 5.73 Å². The van der Waals surface area contributed by atoms with Gasteiger partial charge in [-0.3, -0.25) is 4.98 Å². The van der Waals surface area contributed by atoms with Crippen molar-refractivity contribution in [3.63, 3.8) is 0 Å². The van der Waals surface area contributed by atoms with E-state index in [0.717, 1.165) is 48.2 Å². The van der Waals surface area contributed by atoms with E-state index in [0.29, 0.717) is 11.3 Å². The number of aromatic nitrogens is 3. The van der Waals surface area contributed by atoms with Crippen LogP contribution < -0.4 is 10.6 Å². The summed E-state index contributed by atoms with van der Waals surface area (Å²) in [7, 11) is 0. The summed E-state index contributed by atoms with van der Waals surface area (Å²) in [5.74, 6) is -0.391. The van der Waals surface area contributed by atoms with Gasteiger partial charge < -0.3 is 15.6 Å². The molecule has 0 saturated carbocycles. The lowest BCUT2D eigenvalue weighted by Gasteiger charge is -2.31. The molecular weight excluding hydrogens is 384 g/mol. The summed E-state index contributed by atoms with van der Waals surface area (Å²) in [6.07, 6.45) is 7.34. The van der Waals surface area contributed by atoms with E-state index in [9.17, 15) is 8.78 Å². The quantitative estimate of drug-likeness (QED) is 0.527. The number of benzene rings is 2. The van der Waals surface area contributed by atoms with Gasteiger partial charge in [-0.25, -0.2) is 13.8 Å². The Kier molecular flexibility index (Phi) is 4.67. The number of hydrogen-bond donors (Lipinski definition) is 2. The highest BCUT2D eigenvalue weighted by atomic mass is 19.1. The molecule has 1 fully saturated rings. The molecule has 1 saturated heterocycles. The second kappa shape index (κ2) is 7.50. The molecule has 0 amide bonds. The van der Waals surface area contributed by atoms with Gasteiger partial charge in [0.2, 0.25) is 0 Å². The summed E-state index contributed by atoms with van der Waals surface area (Å²) >= 11 is 0.